The molecule has 0 aliphatic heterocycles. The van der Waals surface area contributed by atoms with Crippen molar-refractivity contribution in [3.05, 3.63) is 0 Å². The zero-order chi connectivity index (χ0) is 11.3. The summed E-state index contributed by atoms with van der Waals surface area (Å²) in [6, 6.07) is 0.459. The van der Waals surface area contributed by atoms with Gasteiger partial charge < -0.3 is 5.32 Å². The molecule has 0 saturated heterocycles. The largest absolute Gasteiger partial charge is 0.353 e. The lowest BCUT2D eigenvalue weighted by Gasteiger charge is -2.27. The van der Waals surface area contributed by atoms with E-state index >= 15 is 0 Å². The van der Waals surface area contributed by atoms with Crippen molar-refractivity contribution in [1.29, 1.82) is 0 Å². The van der Waals surface area contributed by atoms with Crippen LogP contribution in [0, 0.1) is 11.8 Å². The molecular weight excluding hydrogens is 186 g/mol. The molecule has 0 bridgehead atoms. The highest BCUT2D eigenvalue weighted by molar-refractivity contribution is 5.76. The van der Waals surface area contributed by atoms with Crippen LogP contribution in [0.5, 0.6) is 0 Å². The van der Waals surface area contributed by atoms with E-state index in [4.69, 9.17) is 0 Å². The summed E-state index contributed by atoms with van der Waals surface area (Å²) in [4.78, 5) is 11.6. The highest BCUT2D eigenvalue weighted by Gasteiger charge is 2.19. The number of hydrogen-bond donors (Lipinski definition) is 1. The summed E-state index contributed by atoms with van der Waals surface area (Å²) in [6.07, 6.45) is 6.60. The van der Waals surface area contributed by atoms with Gasteiger partial charge in [0.2, 0.25) is 5.91 Å². The van der Waals surface area contributed by atoms with Crippen LogP contribution >= 0.6 is 0 Å². The van der Waals surface area contributed by atoms with E-state index in [0.29, 0.717) is 18.4 Å². The number of amides is 1. The fourth-order valence-electron chi connectivity index (χ4n) is 2.12. The van der Waals surface area contributed by atoms with Crippen molar-refractivity contribution in [3.8, 4) is 0 Å². The molecule has 2 nitrogen and oxygen atoms in total. The Morgan fingerprint density at radius 3 is 2.40 bits per heavy atom. The molecule has 1 saturated carbocycles. The van der Waals surface area contributed by atoms with E-state index in [-0.39, 0.29) is 5.91 Å². The monoisotopic (exact) mass is 211 g/mol. The average Bonchev–Trinajstić information content (AvgIpc) is 2.19. The number of nitrogens with one attached hydrogen (secondary N) is 1. The minimum absolute atomic E-state index is 0.253. The highest BCUT2D eigenvalue weighted by Crippen LogP contribution is 2.23. The van der Waals surface area contributed by atoms with Crippen LogP contribution in [-0.2, 0) is 4.79 Å². The first-order chi connectivity index (χ1) is 7.08. The minimum atomic E-state index is 0.253. The first-order valence-electron chi connectivity index (χ1n) is 6.37. The Bertz CT molecular complexity index is 193. The van der Waals surface area contributed by atoms with Gasteiger partial charge in [-0.3, -0.25) is 4.79 Å². The molecule has 0 radical (unpaired) electrons. The van der Waals surface area contributed by atoms with Gasteiger partial charge in [-0.25, -0.2) is 0 Å². The second-order valence-corrected chi connectivity index (χ2v) is 5.46. The van der Waals surface area contributed by atoms with Gasteiger partial charge in [0.05, 0.1) is 0 Å². The van der Waals surface area contributed by atoms with Gasteiger partial charge in [0.1, 0.15) is 0 Å². The van der Waals surface area contributed by atoms with E-state index in [1.165, 1.54) is 25.7 Å². The lowest BCUT2D eigenvalue weighted by Crippen LogP contribution is -2.37. The number of carbonyl (C=O) groups excluding carboxylic acids is 1. The Kier molecular flexibility index (Phi) is 5.13. The average molecular weight is 211 g/mol. The van der Waals surface area contributed by atoms with Crippen LogP contribution in [0.15, 0.2) is 0 Å². The number of carbonyl (C=O) groups is 1. The van der Waals surface area contributed by atoms with Crippen LogP contribution in [0.3, 0.4) is 0 Å². The summed E-state index contributed by atoms with van der Waals surface area (Å²) in [5.74, 6) is 1.74. The fraction of sp³-hybridized carbons (Fsp3) is 0.923. The predicted octanol–water partition coefficient (Wildman–Crippen LogP) is 3.12. The first kappa shape index (κ1) is 12.5. The van der Waals surface area contributed by atoms with E-state index in [2.05, 4.69) is 26.1 Å². The molecule has 0 aromatic heterocycles. The summed E-state index contributed by atoms with van der Waals surface area (Å²) in [6.45, 7) is 6.63. The Hall–Kier alpha value is -0.530. The van der Waals surface area contributed by atoms with Crippen molar-refractivity contribution >= 4 is 5.91 Å². The van der Waals surface area contributed by atoms with Crippen molar-refractivity contribution in [2.75, 3.05) is 0 Å². The molecule has 1 N–H and O–H groups in total. The summed E-state index contributed by atoms with van der Waals surface area (Å²) in [5, 5.41) is 3.16. The fourth-order valence-corrected chi connectivity index (χ4v) is 2.12. The highest BCUT2D eigenvalue weighted by atomic mass is 16.1. The minimum Gasteiger partial charge on any atom is -0.353 e. The summed E-state index contributed by atoms with van der Waals surface area (Å²) in [7, 11) is 0. The Balaban J connectivity index is 2.15. The van der Waals surface area contributed by atoms with Gasteiger partial charge in [-0.15, -0.1) is 0 Å². The van der Waals surface area contributed by atoms with Crippen LogP contribution in [0.25, 0.3) is 0 Å². The molecule has 2 heteroatoms. The van der Waals surface area contributed by atoms with Crippen molar-refractivity contribution in [2.24, 2.45) is 11.8 Å². The second kappa shape index (κ2) is 6.14. The molecule has 0 aromatic rings. The lowest BCUT2D eigenvalue weighted by molar-refractivity contribution is -0.122. The van der Waals surface area contributed by atoms with Gasteiger partial charge in [-0.05, 0) is 43.9 Å². The molecule has 0 aromatic carbocycles. The quantitative estimate of drug-likeness (QED) is 0.760. The maximum Gasteiger partial charge on any atom is 0.220 e. The zero-order valence-corrected chi connectivity index (χ0v) is 10.4. The molecule has 1 amide bonds. The SMILES string of the molecule is CC(C)CCC(=O)NC1CCC(C)CC1. The third kappa shape index (κ3) is 5.19. The molecule has 0 unspecified atom stereocenters. The summed E-state index contributed by atoms with van der Waals surface area (Å²) < 4.78 is 0. The molecular formula is C13H25NO. The Morgan fingerprint density at radius 1 is 1.27 bits per heavy atom. The van der Waals surface area contributed by atoms with Crippen molar-refractivity contribution in [2.45, 2.75) is 65.3 Å². The van der Waals surface area contributed by atoms with Gasteiger partial charge in [0.15, 0.2) is 0 Å². The Morgan fingerprint density at radius 2 is 1.87 bits per heavy atom. The van der Waals surface area contributed by atoms with Gasteiger partial charge in [0, 0.05) is 12.5 Å². The number of rotatable bonds is 4. The van der Waals surface area contributed by atoms with Gasteiger partial charge >= 0.3 is 0 Å². The van der Waals surface area contributed by atoms with Crippen molar-refractivity contribution < 1.29 is 4.79 Å². The maximum atomic E-state index is 11.6. The standard InChI is InChI=1S/C13H25NO/c1-10(2)4-9-13(15)14-12-7-5-11(3)6-8-12/h10-12H,4-9H2,1-3H3,(H,14,15). The first-order valence-corrected chi connectivity index (χ1v) is 6.37. The van der Waals surface area contributed by atoms with E-state index in [1.807, 2.05) is 0 Å². The van der Waals surface area contributed by atoms with E-state index < -0.39 is 0 Å². The maximum absolute atomic E-state index is 11.6. The zero-order valence-electron chi connectivity index (χ0n) is 10.4. The molecule has 15 heavy (non-hydrogen) atoms. The van der Waals surface area contributed by atoms with E-state index in [1.54, 1.807) is 0 Å². The topological polar surface area (TPSA) is 29.1 Å². The smallest absolute Gasteiger partial charge is 0.220 e. The molecule has 0 heterocycles. The summed E-state index contributed by atoms with van der Waals surface area (Å²) in [5.41, 5.74) is 0. The summed E-state index contributed by atoms with van der Waals surface area (Å²) >= 11 is 0. The molecule has 1 aliphatic rings. The third-order valence-corrected chi connectivity index (χ3v) is 3.33. The van der Waals surface area contributed by atoms with Crippen molar-refractivity contribution in [3.63, 3.8) is 0 Å². The van der Waals surface area contributed by atoms with Crippen LogP contribution in [0.2, 0.25) is 0 Å². The second-order valence-electron chi connectivity index (χ2n) is 5.46. The predicted molar refractivity (Wildman–Crippen MR) is 63.6 cm³/mol. The third-order valence-electron chi connectivity index (χ3n) is 3.33. The Labute approximate surface area is 93.8 Å². The number of hydrogen-bond acceptors (Lipinski definition) is 1. The van der Waals surface area contributed by atoms with Crippen LogP contribution in [0.4, 0.5) is 0 Å². The van der Waals surface area contributed by atoms with Crippen molar-refractivity contribution in [1.82, 2.24) is 5.32 Å². The van der Waals surface area contributed by atoms with Gasteiger partial charge in [-0.2, -0.15) is 0 Å². The molecule has 1 aliphatic carbocycles. The molecule has 0 atom stereocenters. The van der Waals surface area contributed by atoms with Crippen LogP contribution in [-0.4, -0.2) is 11.9 Å². The molecule has 1 rings (SSSR count). The van der Waals surface area contributed by atoms with E-state index in [0.717, 1.165) is 12.3 Å². The van der Waals surface area contributed by atoms with Gasteiger partial charge in [0.25, 0.3) is 0 Å². The van der Waals surface area contributed by atoms with E-state index in [9.17, 15) is 4.79 Å². The normalized spacial score (nSPS) is 26.7. The molecule has 0 spiro atoms. The van der Waals surface area contributed by atoms with Crippen LogP contribution < -0.4 is 5.32 Å². The van der Waals surface area contributed by atoms with Gasteiger partial charge in [-0.1, -0.05) is 20.8 Å². The molecule has 88 valence electrons. The van der Waals surface area contributed by atoms with Crippen LogP contribution in [0.1, 0.15) is 59.3 Å². The lowest BCUT2D eigenvalue weighted by atomic mass is 9.87. The molecule has 1 fully saturated rings.